The highest BCUT2D eigenvalue weighted by Crippen LogP contribution is 2.38. The standard InChI is InChI=1S/C22H30BrNO2SSi/c1-22(2,3)28(4,5)26-14-16-17(23)10-8-11-18(16)24-21(25)20-13-15-9-6-7-12-19(15)27-20/h8,10-11,13H,6-7,9,12,14H2,1-5H3,(H,24,25). The van der Waals surface area contributed by atoms with Crippen LogP contribution in [0.15, 0.2) is 28.7 Å². The van der Waals surface area contributed by atoms with Crippen molar-refractivity contribution in [3.63, 3.8) is 0 Å². The summed E-state index contributed by atoms with van der Waals surface area (Å²) in [7, 11) is -1.88. The molecule has 0 unspecified atom stereocenters. The molecule has 28 heavy (non-hydrogen) atoms. The normalized spacial score (nSPS) is 14.6. The maximum absolute atomic E-state index is 12.9. The van der Waals surface area contributed by atoms with Crippen molar-refractivity contribution < 1.29 is 9.22 Å². The number of fused-ring (bicyclic) bond motifs is 1. The zero-order valence-corrected chi connectivity index (χ0v) is 20.9. The number of carbonyl (C=O) groups is 1. The van der Waals surface area contributed by atoms with Crippen LogP contribution in [0, 0.1) is 0 Å². The van der Waals surface area contributed by atoms with Gasteiger partial charge in [-0.2, -0.15) is 0 Å². The van der Waals surface area contributed by atoms with Crippen molar-refractivity contribution in [1.29, 1.82) is 0 Å². The van der Waals surface area contributed by atoms with Crippen LogP contribution in [-0.2, 0) is 23.9 Å². The molecule has 0 atom stereocenters. The van der Waals surface area contributed by atoms with Crippen molar-refractivity contribution in [2.75, 3.05) is 5.32 Å². The molecule has 0 aliphatic heterocycles. The number of rotatable bonds is 5. The highest BCUT2D eigenvalue weighted by Gasteiger charge is 2.37. The third-order valence-electron chi connectivity index (χ3n) is 5.97. The predicted octanol–water partition coefficient (Wildman–Crippen LogP) is 7.16. The number of anilines is 1. The van der Waals surface area contributed by atoms with Crippen LogP contribution in [0.2, 0.25) is 18.1 Å². The number of halogens is 1. The smallest absolute Gasteiger partial charge is 0.265 e. The number of carbonyl (C=O) groups excluding carboxylic acids is 1. The van der Waals surface area contributed by atoms with Gasteiger partial charge in [0.15, 0.2) is 8.32 Å². The molecule has 0 saturated carbocycles. The zero-order valence-electron chi connectivity index (χ0n) is 17.4. The van der Waals surface area contributed by atoms with Crippen LogP contribution in [0.1, 0.15) is 59.3 Å². The maximum atomic E-state index is 12.9. The van der Waals surface area contributed by atoms with Crippen LogP contribution in [0.4, 0.5) is 5.69 Å². The fraction of sp³-hybridized carbons (Fsp3) is 0.500. The number of hydrogen-bond donors (Lipinski definition) is 1. The number of aryl methyl sites for hydroxylation is 2. The summed E-state index contributed by atoms with van der Waals surface area (Å²) in [5.41, 5.74) is 3.18. The number of benzene rings is 1. The molecule has 1 amide bonds. The summed E-state index contributed by atoms with van der Waals surface area (Å²) in [5, 5.41) is 3.28. The summed E-state index contributed by atoms with van der Waals surface area (Å²) < 4.78 is 7.38. The number of hydrogen-bond acceptors (Lipinski definition) is 3. The summed E-state index contributed by atoms with van der Waals surface area (Å²) in [6, 6.07) is 8.00. The third-order valence-corrected chi connectivity index (χ3v) is 12.4. The molecule has 0 fully saturated rings. The van der Waals surface area contributed by atoms with Gasteiger partial charge in [-0.25, -0.2) is 0 Å². The molecule has 152 valence electrons. The quantitative estimate of drug-likeness (QED) is 0.461. The second-order valence-electron chi connectivity index (χ2n) is 9.04. The summed E-state index contributed by atoms with van der Waals surface area (Å²) in [6.07, 6.45) is 4.66. The molecule has 2 aromatic rings. The van der Waals surface area contributed by atoms with Gasteiger partial charge in [0.25, 0.3) is 5.91 Å². The van der Waals surface area contributed by atoms with E-state index in [4.69, 9.17) is 4.43 Å². The van der Waals surface area contributed by atoms with Crippen LogP contribution >= 0.6 is 27.3 Å². The Balaban J connectivity index is 1.78. The molecule has 0 saturated heterocycles. The third kappa shape index (κ3) is 4.78. The Hall–Kier alpha value is -0.953. The van der Waals surface area contributed by atoms with E-state index in [1.54, 1.807) is 11.3 Å². The molecule has 0 bridgehead atoms. The van der Waals surface area contributed by atoms with Gasteiger partial charge in [-0.15, -0.1) is 11.3 Å². The lowest BCUT2D eigenvalue weighted by Crippen LogP contribution is -2.40. The topological polar surface area (TPSA) is 38.3 Å². The summed E-state index contributed by atoms with van der Waals surface area (Å²) in [6.45, 7) is 11.7. The molecule has 0 spiro atoms. The minimum atomic E-state index is -1.88. The molecule has 1 N–H and O–H groups in total. The van der Waals surface area contributed by atoms with Gasteiger partial charge in [0.1, 0.15) is 0 Å². The van der Waals surface area contributed by atoms with Crippen LogP contribution < -0.4 is 5.32 Å². The average Bonchev–Trinajstić information content (AvgIpc) is 3.04. The Bertz CT molecular complexity index is 846. The van der Waals surface area contributed by atoms with E-state index in [2.05, 4.69) is 61.2 Å². The highest BCUT2D eigenvalue weighted by molar-refractivity contribution is 9.10. The first-order valence-electron chi connectivity index (χ1n) is 9.93. The van der Waals surface area contributed by atoms with Gasteiger partial charge in [-0.3, -0.25) is 4.79 Å². The van der Waals surface area contributed by atoms with Gasteiger partial charge >= 0.3 is 0 Å². The lowest BCUT2D eigenvalue weighted by atomic mass is 9.99. The first kappa shape index (κ1) is 21.7. The summed E-state index contributed by atoms with van der Waals surface area (Å²) >= 11 is 5.29. The minimum absolute atomic E-state index is 0.0222. The Morgan fingerprint density at radius 1 is 1.25 bits per heavy atom. The van der Waals surface area contributed by atoms with E-state index in [1.807, 2.05) is 18.2 Å². The van der Waals surface area contributed by atoms with E-state index in [1.165, 1.54) is 23.3 Å². The fourth-order valence-corrected chi connectivity index (χ4v) is 5.65. The SMILES string of the molecule is CC(C)(C)[Si](C)(C)OCc1c(Br)cccc1NC(=O)c1cc2c(s1)CCCC2. The van der Waals surface area contributed by atoms with Gasteiger partial charge in [0.05, 0.1) is 11.5 Å². The summed E-state index contributed by atoms with van der Waals surface area (Å²) in [4.78, 5) is 15.1. The molecule has 1 aliphatic carbocycles. The molecule has 0 radical (unpaired) electrons. The molecule has 3 nitrogen and oxygen atoms in total. The predicted molar refractivity (Wildman–Crippen MR) is 125 cm³/mol. The molecule has 1 heterocycles. The van der Waals surface area contributed by atoms with Crippen LogP contribution in [0.5, 0.6) is 0 Å². The first-order valence-corrected chi connectivity index (χ1v) is 14.4. The average molecular weight is 481 g/mol. The molecule has 1 aliphatic rings. The van der Waals surface area contributed by atoms with Crippen molar-refractivity contribution in [2.24, 2.45) is 0 Å². The second kappa shape index (κ2) is 8.42. The van der Waals surface area contributed by atoms with E-state index in [0.29, 0.717) is 6.61 Å². The van der Waals surface area contributed by atoms with Gasteiger partial charge in [0.2, 0.25) is 0 Å². The molecular formula is C22H30BrNO2SSi. The molecular weight excluding hydrogens is 450 g/mol. The minimum Gasteiger partial charge on any atom is -0.412 e. The van der Waals surface area contributed by atoms with Gasteiger partial charge in [-0.05, 0) is 67.6 Å². The van der Waals surface area contributed by atoms with Crippen molar-refractivity contribution in [3.05, 3.63) is 49.6 Å². The van der Waals surface area contributed by atoms with Gasteiger partial charge < -0.3 is 9.74 Å². The van der Waals surface area contributed by atoms with Gasteiger partial charge in [0, 0.05) is 20.6 Å². The molecule has 3 rings (SSSR count). The van der Waals surface area contributed by atoms with Crippen LogP contribution in [-0.4, -0.2) is 14.2 Å². The lowest BCUT2D eigenvalue weighted by Gasteiger charge is -2.36. The van der Waals surface area contributed by atoms with Crippen molar-refractivity contribution >= 4 is 47.2 Å². The summed E-state index contributed by atoms with van der Waals surface area (Å²) in [5.74, 6) is -0.0222. The van der Waals surface area contributed by atoms with E-state index in [-0.39, 0.29) is 10.9 Å². The fourth-order valence-electron chi connectivity index (χ4n) is 3.08. The Kier molecular flexibility index (Phi) is 6.54. The van der Waals surface area contributed by atoms with E-state index < -0.39 is 8.32 Å². The Morgan fingerprint density at radius 2 is 1.96 bits per heavy atom. The first-order chi connectivity index (χ1) is 13.1. The van der Waals surface area contributed by atoms with Crippen molar-refractivity contribution in [3.8, 4) is 0 Å². The van der Waals surface area contributed by atoms with Crippen molar-refractivity contribution in [2.45, 2.75) is 71.2 Å². The maximum Gasteiger partial charge on any atom is 0.265 e. The Labute approximate surface area is 182 Å². The second-order valence-corrected chi connectivity index (χ2v) is 15.8. The number of amides is 1. The van der Waals surface area contributed by atoms with Crippen LogP contribution in [0.25, 0.3) is 0 Å². The Morgan fingerprint density at radius 3 is 2.64 bits per heavy atom. The lowest BCUT2D eigenvalue weighted by molar-refractivity contribution is 0.103. The van der Waals surface area contributed by atoms with E-state index in [9.17, 15) is 4.79 Å². The van der Waals surface area contributed by atoms with Gasteiger partial charge in [-0.1, -0.05) is 42.8 Å². The highest BCUT2D eigenvalue weighted by atomic mass is 79.9. The zero-order chi connectivity index (χ0) is 20.5. The number of thiophene rings is 1. The molecule has 6 heteroatoms. The number of nitrogens with one attached hydrogen (secondary N) is 1. The molecule has 1 aromatic heterocycles. The van der Waals surface area contributed by atoms with E-state index in [0.717, 1.165) is 33.4 Å². The van der Waals surface area contributed by atoms with Crippen LogP contribution in [0.3, 0.4) is 0 Å². The monoisotopic (exact) mass is 479 g/mol. The largest absolute Gasteiger partial charge is 0.412 e. The van der Waals surface area contributed by atoms with Crippen molar-refractivity contribution in [1.82, 2.24) is 0 Å². The van der Waals surface area contributed by atoms with E-state index >= 15 is 0 Å². The molecule has 1 aromatic carbocycles.